The van der Waals surface area contributed by atoms with Crippen LogP contribution in [0.4, 0.5) is 0 Å². The van der Waals surface area contributed by atoms with Gasteiger partial charge in [0.1, 0.15) is 0 Å². The molecule has 0 radical (unpaired) electrons. The van der Waals surface area contributed by atoms with Crippen molar-refractivity contribution < 1.29 is 23.4 Å². The summed E-state index contributed by atoms with van der Waals surface area (Å²) >= 11 is 0. The van der Waals surface area contributed by atoms with Gasteiger partial charge in [-0.3, -0.25) is 4.79 Å². The van der Waals surface area contributed by atoms with Crippen LogP contribution in [0.15, 0.2) is 0 Å². The van der Waals surface area contributed by atoms with Crippen LogP contribution in [0.1, 0.15) is 26.2 Å². The normalized spacial score (nSPS) is 23.8. The van der Waals surface area contributed by atoms with E-state index in [0.29, 0.717) is 25.8 Å². The average Bonchev–Trinajstić information content (AvgIpc) is 2.36. The highest BCUT2D eigenvalue weighted by atomic mass is 32.2. The zero-order valence-electron chi connectivity index (χ0n) is 10.4. The summed E-state index contributed by atoms with van der Waals surface area (Å²) in [4.78, 5) is 10.9. The Kier molecular flexibility index (Phi) is 5.51. The van der Waals surface area contributed by atoms with E-state index >= 15 is 0 Å². The maximum Gasteiger partial charge on any atom is 0.307 e. The second-order valence-electron chi connectivity index (χ2n) is 4.45. The molecular formula is C10H20N2O5S. The first-order chi connectivity index (χ1) is 8.40. The monoisotopic (exact) mass is 280 g/mol. The molecule has 0 aliphatic carbocycles. The number of carboxylic acid groups (broad SMARTS) is 1. The standard InChI is InChI=1S/C10H20N2O5S/c1-2-9(7-13)11-18(16,17)12-5-3-4-8(6-12)10(14)15/h8-9,11,13H,2-7H2,1H3,(H,14,15)/t8?,9-/m0/s1. The second kappa shape index (κ2) is 6.46. The lowest BCUT2D eigenvalue weighted by molar-refractivity contribution is -0.142. The van der Waals surface area contributed by atoms with E-state index in [4.69, 9.17) is 10.2 Å². The average molecular weight is 280 g/mol. The number of hydrogen-bond acceptors (Lipinski definition) is 4. The summed E-state index contributed by atoms with van der Waals surface area (Å²) < 4.78 is 27.5. The van der Waals surface area contributed by atoms with Crippen LogP contribution in [-0.2, 0) is 15.0 Å². The molecule has 1 rings (SSSR count). The third kappa shape index (κ3) is 3.91. The summed E-state index contributed by atoms with van der Waals surface area (Å²) in [6, 6.07) is -0.528. The molecule has 0 aromatic heterocycles. The highest BCUT2D eigenvalue weighted by molar-refractivity contribution is 7.87. The molecule has 1 aliphatic rings. The van der Waals surface area contributed by atoms with Crippen LogP contribution in [0, 0.1) is 5.92 Å². The zero-order chi connectivity index (χ0) is 13.8. The fraction of sp³-hybridized carbons (Fsp3) is 0.900. The number of nitrogens with zero attached hydrogens (tertiary/aromatic N) is 1. The summed E-state index contributed by atoms with van der Waals surface area (Å²) in [5.41, 5.74) is 0. The number of nitrogens with one attached hydrogen (secondary N) is 1. The van der Waals surface area contributed by atoms with Gasteiger partial charge in [-0.1, -0.05) is 6.92 Å². The molecule has 0 bridgehead atoms. The molecule has 8 heteroatoms. The first kappa shape index (κ1) is 15.4. The van der Waals surface area contributed by atoms with Crippen LogP contribution < -0.4 is 4.72 Å². The topological polar surface area (TPSA) is 107 Å². The van der Waals surface area contributed by atoms with Crippen molar-refractivity contribution in [2.45, 2.75) is 32.2 Å². The van der Waals surface area contributed by atoms with E-state index in [1.54, 1.807) is 6.92 Å². The Morgan fingerprint density at radius 3 is 2.72 bits per heavy atom. The molecule has 0 spiro atoms. The van der Waals surface area contributed by atoms with E-state index in [-0.39, 0.29) is 13.2 Å². The summed E-state index contributed by atoms with van der Waals surface area (Å²) in [5, 5.41) is 17.9. The van der Waals surface area contributed by atoms with Gasteiger partial charge in [0.25, 0.3) is 10.2 Å². The second-order valence-corrected chi connectivity index (χ2v) is 6.15. The Labute approximate surface area is 107 Å². The summed E-state index contributed by atoms with van der Waals surface area (Å²) in [5.74, 6) is -1.62. The zero-order valence-corrected chi connectivity index (χ0v) is 11.2. The van der Waals surface area contributed by atoms with Gasteiger partial charge in [0.05, 0.1) is 12.5 Å². The van der Waals surface area contributed by atoms with E-state index in [0.717, 1.165) is 4.31 Å². The SMILES string of the molecule is CC[C@@H](CO)NS(=O)(=O)N1CCCC(C(=O)O)C1. The maximum atomic E-state index is 12.0. The lowest BCUT2D eigenvalue weighted by Crippen LogP contribution is -2.50. The number of piperidine rings is 1. The number of carboxylic acids is 1. The van der Waals surface area contributed by atoms with Crippen molar-refractivity contribution >= 4 is 16.2 Å². The molecule has 0 saturated carbocycles. The molecule has 106 valence electrons. The number of aliphatic hydroxyl groups is 1. The summed E-state index contributed by atoms with van der Waals surface area (Å²) in [7, 11) is -3.71. The van der Waals surface area contributed by atoms with Gasteiger partial charge in [-0.15, -0.1) is 0 Å². The first-order valence-electron chi connectivity index (χ1n) is 6.01. The Morgan fingerprint density at radius 2 is 2.22 bits per heavy atom. The van der Waals surface area contributed by atoms with Crippen molar-refractivity contribution in [2.24, 2.45) is 5.92 Å². The van der Waals surface area contributed by atoms with E-state index in [1.165, 1.54) is 0 Å². The van der Waals surface area contributed by atoms with Crippen LogP contribution in [-0.4, -0.2) is 54.6 Å². The third-order valence-corrected chi connectivity index (χ3v) is 4.74. The van der Waals surface area contributed by atoms with Crippen molar-refractivity contribution in [2.75, 3.05) is 19.7 Å². The molecule has 1 saturated heterocycles. The molecular weight excluding hydrogens is 260 g/mol. The van der Waals surface area contributed by atoms with Gasteiger partial charge in [0, 0.05) is 19.1 Å². The fourth-order valence-corrected chi connectivity index (χ4v) is 3.45. The largest absolute Gasteiger partial charge is 0.481 e. The molecule has 7 nitrogen and oxygen atoms in total. The van der Waals surface area contributed by atoms with Crippen LogP contribution in [0.2, 0.25) is 0 Å². The van der Waals surface area contributed by atoms with Gasteiger partial charge >= 0.3 is 5.97 Å². The van der Waals surface area contributed by atoms with Crippen LogP contribution in [0.3, 0.4) is 0 Å². The number of carbonyl (C=O) groups is 1. The molecule has 1 fully saturated rings. The molecule has 1 unspecified atom stereocenters. The lowest BCUT2D eigenvalue weighted by atomic mass is 10.0. The summed E-state index contributed by atoms with van der Waals surface area (Å²) in [6.07, 6.45) is 1.51. The van der Waals surface area contributed by atoms with Gasteiger partial charge in [0.2, 0.25) is 0 Å². The smallest absolute Gasteiger partial charge is 0.307 e. The predicted molar refractivity (Wildman–Crippen MR) is 65.2 cm³/mol. The molecule has 1 heterocycles. The Hall–Kier alpha value is -0.700. The van der Waals surface area contributed by atoms with E-state index in [9.17, 15) is 13.2 Å². The first-order valence-corrected chi connectivity index (χ1v) is 7.45. The number of rotatable bonds is 6. The fourth-order valence-electron chi connectivity index (χ4n) is 1.90. The Morgan fingerprint density at radius 1 is 1.56 bits per heavy atom. The van der Waals surface area contributed by atoms with Crippen molar-refractivity contribution in [3.63, 3.8) is 0 Å². The minimum atomic E-state index is -3.71. The molecule has 1 aliphatic heterocycles. The van der Waals surface area contributed by atoms with E-state index < -0.39 is 28.1 Å². The highest BCUT2D eigenvalue weighted by Gasteiger charge is 2.32. The van der Waals surface area contributed by atoms with Crippen LogP contribution in [0.25, 0.3) is 0 Å². The lowest BCUT2D eigenvalue weighted by Gasteiger charge is -2.31. The Balaban J connectivity index is 2.69. The van der Waals surface area contributed by atoms with E-state index in [2.05, 4.69) is 4.72 Å². The highest BCUT2D eigenvalue weighted by Crippen LogP contribution is 2.19. The molecule has 2 atom stereocenters. The van der Waals surface area contributed by atoms with Gasteiger partial charge in [-0.2, -0.15) is 17.4 Å². The van der Waals surface area contributed by atoms with E-state index in [1.807, 2.05) is 0 Å². The molecule has 0 aromatic rings. The van der Waals surface area contributed by atoms with Crippen LogP contribution in [0.5, 0.6) is 0 Å². The van der Waals surface area contributed by atoms with Gasteiger partial charge < -0.3 is 10.2 Å². The Bertz CT molecular complexity index is 380. The van der Waals surface area contributed by atoms with Crippen LogP contribution >= 0.6 is 0 Å². The van der Waals surface area contributed by atoms with Crippen molar-refractivity contribution in [3.05, 3.63) is 0 Å². The van der Waals surface area contributed by atoms with Gasteiger partial charge in [-0.05, 0) is 19.3 Å². The maximum absolute atomic E-state index is 12.0. The molecule has 18 heavy (non-hydrogen) atoms. The van der Waals surface area contributed by atoms with Crippen molar-refractivity contribution in [3.8, 4) is 0 Å². The quantitative estimate of drug-likeness (QED) is 0.601. The molecule has 0 amide bonds. The summed E-state index contributed by atoms with van der Waals surface area (Å²) in [6.45, 7) is 1.80. The van der Waals surface area contributed by atoms with Crippen molar-refractivity contribution in [1.29, 1.82) is 0 Å². The molecule has 0 aromatic carbocycles. The number of hydrogen-bond donors (Lipinski definition) is 3. The number of aliphatic hydroxyl groups excluding tert-OH is 1. The minimum absolute atomic E-state index is 0.00741. The van der Waals surface area contributed by atoms with Crippen molar-refractivity contribution in [1.82, 2.24) is 9.03 Å². The number of aliphatic carboxylic acids is 1. The minimum Gasteiger partial charge on any atom is -0.481 e. The van der Waals surface area contributed by atoms with Gasteiger partial charge in [-0.25, -0.2) is 0 Å². The molecule has 3 N–H and O–H groups in total. The predicted octanol–water partition coefficient (Wildman–Crippen LogP) is -0.612. The van der Waals surface area contributed by atoms with Gasteiger partial charge in [0.15, 0.2) is 0 Å². The third-order valence-electron chi connectivity index (χ3n) is 3.10.